The second-order valence-corrected chi connectivity index (χ2v) is 3.20. The maximum Gasteiger partial charge on any atom is 0.253 e. The first-order chi connectivity index (χ1) is 7.22. The molecule has 1 aliphatic heterocycles. The predicted molar refractivity (Wildman–Crippen MR) is 55.0 cm³/mol. The van der Waals surface area contributed by atoms with Crippen LogP contribution in [0.2, 0.25) is 0 Å². The van der Waals surface area contributed by atoms with Crippen LogP contribution < -0.4 is 10.7 Å². The zero-order valence-electron chi connectivity index (χ0n) is 7.98. The van der Waals surface area contributed by atoms with Crippen molar-refractivity contribution in [1.82, 2.24) is 0 Å². The molecule has 4 nitrogen and oxygen atoms in total. The van der Waals surface area contributed by atoms with Crippen LogP contribution in [0.25, 0.3) is 0 Å². The van der Waals surface area contributed by atoms with Crippen LogP contribution in [0.5, 0.6) is 0 Å². The van der Waals surface area contributed by atoms with E-state index in [1.54, 1.807) is 12.1 Å². The maximum atomic E-state index is 13.4. The zero-order valence-corrected chi connectivity index (χ0v) is 7.98. The number of nitrogens with zero attached hydrogens (tertiary/aromatic N) is 2. The maximum absolute atomic E-state index is 13.4. The normalized spacial score (nSPS) is 15.7. The minimum atomic E-state index is -0.465. The lowest BCUT2D eigenvalue weighted by molar-refractivity contribution is -0.116. The summed E-state index contributed by atoms with van der Waals surface area (Å²) < 4.78 is 13.4. The van der Waals surface area contributed by atoms with E-state index in [4.69, 9.17) is 5.73 Å². The number of nitrogens with two attached hydrogens (primary N) is 1. The number of hydrogen-bond donors (Lipinski definition) is 1. The molecule has 2 N–H and O–H groups in total. The SMILES string of the molecule is NCC1=NN(c2ccccc2F)C(=O)C1. The number of carbonyl (C=O) groups is 1. The first kappa shape index (κ1) is 9.79. The highest BCUT2D eigenvalue weighted by molar-refractivity contribution is 6.13. The van der Waals surface area contributed by atoms with E-state index >= 15 is 0 Å². The third kappa shape index (κ3) is 1.73. The van der Waals surface area contributed by atoms with Crippen LogP contribution >= 0.6 is 0 Å². The molecule has 1 amide bonds. The van der Waals surface area contributed by atoms with Crippen molar-refractivity contribution in [2.75, 3.05) is 11.6 Å². The molecule has 0 aromatic heterocycles. The monoisotopic (exact) mass is 207 g/mol. The van der Waals surface area contributed by atoms with E-state index in [1.807, 2.05) is 0 Å². The molecule has 15 heavy (non-hydrogen) atoms. The first-order valence-electron chi connectivity index (χ1n) is 4.56. The largest absolute Gasteiger partial charge is 0.325 e. The third-order valence-electron chi connectivity index (χ3n) is 2.15. The lowest BCUT2D eigenvalue weighted by Gasteiger charge is -2.11. The van der Waals surface area contributed by atoms with Crippen molar-refractivity contribution >= 4 is 17.3 Å². The van der Waals surface area contributed by atoms with Gasteiger partial charge in [0.05, 0.1) is 12.1 Å². The molecule has 0 saturated heterocycles. The van der Waals surface area contributed by atoms with Crippen molar-refractivity contribution in [3.8, 4) is 0 Å². The van der Waals surface area contributed by atoms with Crippen molar-refractivity contribution in [1.29, 1.82) is 0 Å². The molecule has 1 aromatic carbocycles. The van der Waals surface area contributed by atoms with Crippen LogP contribution in [0.15, 0.2) is 29.4 Å². The number of anilines is 1. The van der Waals surface area contributed by atoms with Crippen molar-refractivity contribution in [2.45, 2.75) is 6.42 Å². The average molecular weight is 207 g/mol. The van der Waals surface area contributed by atoms with Crippen molar-refractivity contribution in [3.63, 3.8) is 0 Å². The molecule has 0 fully saturated rings. The molecule has 78 valence electrons. The molecule has 0 spiro atoms. The van der Waals surface area contributed by atoms with Gasteiger partial charge in [0.15, 0.2) is 0 Å². The summed E-state index contributed by atoms with van der Waals surface area (Å²) in [7, 11) is 0. The molecular weight excluding hydrogens is 197 g/mol. The van der Waals surface area contributed by atoms with E-state index in [0.29, 0.717) is 5.71 Å². The molecule has 0 atom stereocenters. The predicted octanol–water partition coefficient (Wildman–Crippen LogP) is 0.877. The van der Waals surface area contributed by atoms with Crippen molar-refractivity contribution in [3.05, 3.63) is 30.1 Å². The lowest BCUT2D eigenvalue weighted by Crippen LogP contribution is -2.20. The number of halogens is 1. The summed E-state index contributed by atoms with van der Waals surface area (Å²) in [5, 5.41) is 5.02. The summed E-state index contributed by atoms with van der Waals surface area (Å²) in [5.74, 6) is -0.714. The van der Waals surface area contributed by atoms with Crippen LogP contribution in [-0.4, -0.2) is 18.2 Å². The number of rotatable bonds is 2. The number of carbonyl (C=O) groups excluding carboxylic acids is 1. The van der Waals surface area contributed by atoms with E-state index in [2.05, 4.69) is 5.10 Å². The Morgan fingerprint density at radius 1 is 1.47 bits per heavy atom. The summed E-state index contributed by atoms with van der Waals surface area (Å²) in [5.41, 5.74) is 6.12. The van der Waals surface area contributed by atoms with Crippen molar-refractivity contribution < 1.29 is 9.18 Å². The minimum Gasteiger partial charge on any atom is -0.325 e. The van der Waals surface area contributed by atoms with Gasteiger partial charge in [-0.05, 0) is 12.1 Å². The standard InChI is InChI=1S/C10H10FN3O/c11-8-3-1-2-4-9(8)14-10(15)5-7(6-12)13-14/h1-4H,5-6,12H2. The fourth-order valence-electron chi connectivity index (χ4n) is 1.41. The van der Waals surface area contributed by atoms with Gasteiger partial charge in [0.2, 0.25) is 0 Å². The van der Waals surface area contributed by atoms with E-state index in [1.165, 1.54) is 12.1 Å². The van der Waals surface area contributed by atoms with Gasteiger partial charge in [-0.1, -0.05) is 12.1 Å². The van der Waals surface area contributed by atoms with Crippen molar-refractivity contribution in [2.24, 2.45) is 10.8 Å². The molecule has 0 aliphatic carbocycles. The van der Waals surface area contributed by atoms with Crippen LogP contribution in [-0.2, 0) is 4.79 Å². The Kier molecular flexibility index (Phi) is 2.47. The van der Waals surface area contributed by atoms with E-state index in [9.17, 15) is 9.18 Å². The van der Waals surface area contributed by atoms with E-state index in [0.717, 1.165) is 5.01 Å². The molecule has 2 rings (SSSR count). The quantitative estimate of drug-likeness (QED) is 0.782. The number of hydrazone groups is 1. The molecule has 0 bridgehead atoms. The Morgan fingerprint density at radius 2 is 2.20 bits per heavy atom. The Balaban J connectivity index is 2.36. The van der Waals surface area contributed by atoms with Gasteiger partial charge in [-0.3, -0.25) is 4.79 Å². The Labute approximate surface area is 86.2 Å². The molecule has 1 heterocycles. The average Bonchev–Trinajstić information content (AvgIpc) is 2.60. The van der Waals surface area contributed by atoms with Crippen LogP contribution in [0.4, 0.5) is 10.1 Å². The van der Waals surface area contributed by atoms with Gasteiger partial charge in [0, 0.05) is 6.54 Å². The highest BCUT2D eigenvalue weighted by Gasteiger charge is 2.25. The van der Waals surface area contributed by atoms with Crippen LogP contribution in [0.1, 0.15) is 6.42 Å². The Morgan fingerprint density at radius 3 is 2.80 bits per heavy atom. The molecule has 0 unspecified atom stereocenters. The van der Waals surface area contributed by atoms with Gasteiger partial charge < -0.3 is 5.73 Å². The third-order valence-corrected chi connectivity index (χ3v) is 2.15. The van der Waals surface area contributed by atoms with Gasteiger partial charge in [-0.15, -0.1) is 0 Å². The van der Waals surface area contributed by atoms with Gasteiger partial charge in [-0.25, -0.2) is 4.39 Å². The first-order valence-corrected chi connectivity index (χ1v) is 4.56. The Bertz CT molecular complexity index is 430. The topological polar surface area (TPSA) is 58.7 Å². The lowest BCUT2D eigenvalue weighted by atomic mass is 10.2. The van der Waals surface area contributed by atoms with E-state index in [-0.39, 0.29) is 24.6 Å². The molecule has 5 heteroatoms. The van der Waals surface area contributed by atoms with Gasteiger partial charge in [-0.2, -0.15) is 10.1 Å². The molecule has 0 saturated carbocycles. The van der Waals surface area contributed by atoms with Gasteiger partial charge in [0.1, 0.15) is 11.5 Å². The molecule has 0 radical (unpaired) electrons. The summed E-state index contributed by atoms with van der Waals surface area (Å²) in [6, 6.07) is 6.02. The fraction of sp³-hybridized carbons (Fsp3) is 0.200. The number of hydrogen-bond acceptors (Lipinski definition) is 3. The van der Waals surface area contributed by atoms with Crippen LogP contribution in [0, 0.1) is 5.82 Å². The second kappa shape index (κ2) is 3.78. The van der Waals surface area contributed by atoms with Gasteiger partial charge in [0.25, 0.3) is 5.91 Å². The molecule has 1 aliphatic rings. The van der Waals surface area contributed by atoms with Crippen LogP contribution in [0.3, 0.4) is 0 Å². The number of benzene rings is 1. The Hall–Kier alpha value is -1.75. The smallest absolute Gasteiger partial charge is 0.253 e. The van der Waals surface area contributed by atoms with E-state index < -0.39 is 5.82 Å². The molecular formula is C10H10FN3O. The minimum absolute atomic E-state index is 0.171. The van der Waals surface area contributed by atoms with Gasteiger partial charge >= 0.3 is 0 Å². The second-order valence-electron chi connectivity index (χ2n) is 3.20. The highest BCUT2D eigenvalue weighted by Crippen LogP contribution is 2.23. The fourth-order valence-corrected chi connectivity index (χ4v) is 1.41. The summed E-state index contributed by atoms with van der Waals surface area (Å²) >= 11 is 0. The zero-order chi connectivity index (χ0) is 10.8. The summed E-state index contributed by atoms with van der Waals surface area (Å²) in [6.07, 6.45) is 0.171. The highest BCUT2D eigenvalue weighted by atomic mass is 19.1. The number of amides is 1. The number of para-hydroxylation sites is 1. The summed E-state index contributed by atoms with van der Waals surface area (Å²) in [6.45, 7) is 0.219. The summed E-state index contributed by atoms with van der Waals surface area (Å²) in [4.78, 5) is 11.5. The molecule has 1 aromatic rings.